The van der Waals surface area contributed by atoms with E-state index in [0.29, 0.717) is 11.3 Å². The van der Waals surface area contributed by atoms with E-state index >= 15 is 0 Å². The van der Waals surface area contributed by atoms with Gasteiger partial charge in [-0.1, -0.05) is 6.92 Å². The normalized spacial score (nSPS) is 10.9. The van der Waals surface area contributed by atoms with Crippen LogP contribution in [0.5, 0.6) is 0 Å². The van der Waals surface area contributed by atoms with Gasteiger partial charge in [-0.05, 0) is 56.6 Å². The molecule has 0 aliphatic heterocycles. The maximum absolute atomic E-state index is 13.2. The molecular weight excluding hydrogens is 255 g/mol. The minimum atomic E-state index is -0.199. The first-order chi connectivity index (χ1) is 9.70. The zero-order chi connectivity index (χ0) is 14.4. The summed E-state index contributed by atoms with van der Waals surface area (Å²) in [5.74, 6) is 1.24. The van der Waals surface area contributed by atoms with Gasteiger partial charge in [0.1, 0.15) is 5.82 Å². The van der Waals surface area contributed by atoms with Gasteiger partial charge in [-0.25, -0.2) is 9.37 Å². The molecule has 0 radical (unpaired) electrons. The van der Waals surface area contributed by atoms with Crippen molar-refractivity contribution >= 4 is 0 Å². The molecule has 1 aromatic heterocycles. The van der Waals surface area contributed by atoms with E-state index in [-0.39, 0.29) is 5.82 Å². The van der Waals surface area contributed by atoms with Gasteiger partial charge in [-0.2, -0.15) is 0 Å². The van der Waals surface area contributed by atoms with Crippen LogP contribution in [0.4, 0.5) is 4.39 Å². The highest BCUT2D eigenvalue weighted by Crippen LogP contribution is 2.23. The first-order valence-corrected chi connectivity index (χ1v) is 7.12. The highest BCUT2D eigenvalue weighted by molar-refractivity contribution is 5.57. The minimum Gasteiger partial charge on any atom is -0.441 e. The number of rotatable bonds is 7. The molecule has 4 heteroatoms. The standard InChI is InChI=1S/C16H21FN2O/c1-3-8-18-9-4-5-16-19-11-15(20-16)13-6-7-14(17)12(2)10-13/h6-7,10-11,18H,3-5,8-9H2,1-2H3. The number of hydrogen-bond donors (Lipinski definition) is 1. The number of halogens is 1. The van der Waals surface area contributed by atoms with Gasteiger partial charge in [-0.3, -0.25) is 0 Å². The molecule has 1 aromatic carbocycles. The summed E-state index contributed by atoms with van der Waals surface area (Å²) in [6.45, 7) is 5.92. The Morgan fingerprint density at radius 1 is 1.30 bits per heavy atom. The molecule has 1 N–H and O–H groups in total. The third-order valence-corrected chi connectivity index (χ3v) is 3.17. The number of nitrogens with one attached hydrogen (secondary N) is 1. The molecule has 20 heavy (non-hydrogen) atoms. The van der Waals surface area contributed by atoms with Gasteiger partial charge >= 0.3 is 0 Å². The number of hydrogen-bond acceptors (Lipinski definition) is 3. The number of aromatic nitrogens is 1. The van der Waals surface area contributed by atoms with Crippen LogP contribution in [0.3, 0.4) is 0 Å². The fraction of sp³-hybridized carbons (Fsp3) is 0.438. The van der Waals surface area contributed by atoms with Crippen LogP contribution in [0.2, 0.25) is 0 Å². The van der Waals surface area contributed by atoms with Crippen LogP contribution < -0.4 is 5.32 Å². The van der Waals surface area contributed by atoms with Crippen molar-refractivity contribution in [3.8, 4) is 11.3 Å². The van der Waals surface area contributed by atoms with Gasteiger partial charge in [-0.15, -0.1) is 0 Å². The zero-order valence-corrected chi connectivity index (χ0v) is 12.1. The van der Waals surface area contributed by atoms with Gasteiger partial charge in [0.2, 0.25) is 0 Å². The lowest BCUT2D eigenvalue weighted by Gasteiger charge is -2.01. The maximum Gasteiger partial charge on any atom is 0.194 e. The molecule has 1 heterocycles. The molecule has 2 rings (SSSR count). The van der Waals surface area contributed by atoms with E-state index in [4.69, 9.17) is 4.42 Å². The molecular formula is C16H21FN2O. The molecule has 0 fully saturated rings. The van der Waals surface area contributed by atoms with E-state index in [1.807, 2.05) is 0 Å². The molecule has 0 atom stereocenters. The molecule has 0 amide bonds. The molecule has 3 nitrogen and oxygen atoms in total. The summed E-state index contributed by atoms with van der Waals surface area (Å²) in [5.41, 5.74) is 1.48. The Bertz CT molecular complexity index is 551. The van der Waals surface area contributed by atoms with E-state index in [1.165, 1.54) is 6.07 Å². The zero-order valence-electron chi connectivity index (χ0n) is 12.1. The SMILES string of the molecule is CCCNCCCc1ncc(-c2ccc(F)c(C)c2)o1. The molecule has 0 aliphatic carbocycles. The van der Waals surface area contributed by atoms with Crippen molar-refractivity contribution in [1.29, 1.82) is 0 Å². The Balaban J connectivity index is 1.93. The Morgan fingerprint density at radius 3 is 2.90 bits per heavy atom. The van der Waals surface area contributed by atoms with E-state index in [9.17, 15) is 4.39 Å². The lowest BCUT2D eigenvalue weighted by molar-refractivity contribution is 0.491. The second-order valence-corrected chi connectivity index (χ2v) is 4.94. The molecule has 0 spiro atoms. The summed E-state index contributed by atoms with van der Waals surface area (Å²) in [4.78, 5) is 4.27. The largest absolute Gasteiger partial charge is 0.441 e. The summed E-state index contributed by atoms with van der Waals surface area (Å²) < 4.78 is 18.9. The van der Waals surface area contributed by atoms with Crippen LogP contribution in [0.1, 0.15) is 31.2 Å². The summed E-state index contributed by atoms with van der Waals surface area (Å²) in [5, 5.41) is 3.35. The molecule has 0 unspecified atom stereocenters. The van der Waals surface area contributed by atoms with Gasteiger partial charge < -0.3 is 9.73 Å². The number of benzene rings is 1. The van der Waals surface area contributed by atoms with Gasteiger partial charge in [0.25, 0.3) is 0 Å². The average Bonchev–Trinajstić information content (AvgIpc) is 2.90. The topological polar surface area (TPSA) is 38.1 Å². The lowest BCUT2D eigenvalue weighted by Crippen LogP contribution is -2.16. The molecule has 0 bridgehead atoms. The summed E-state index contributed by atoms with van der Waals surface area (Å²) in [6.07, 6.45) is 4.67. The van der Waals surface area contributed by atoms with E-state index in [2.05, 4.69) is 17.2 Å². The van der Waals surface area contributed by atoms with Gasteiger partial charge in [0.15, 0.2) is 11.7 Å². The third kappa shape index (κ3) is 3.90. The Morgan fingerprint density at radius 2 is 2.15 bits per heavy atom. The predicted octanol–water partition coefficient (Wildman–Crippen LogP) is 3.72. The average molecular weight is 276 g/mol. The van der Waals surface area contributed by atoms with Crippen molar-refractivity contribution in [3.05, 3.63) is 41.7 Å². The summed E-state index contributed by atoms with van der Waals surface area (Å²) in [6, 6.07) is 4.96. The monoisotopic (exact) mass is 276 g/mol. The molecule has 108 valence electrons. The van der Waals surface area contributed by atoms with E-state index in [0.717, 1.165) is 43.8 Å². The van der Waals surface area contributed by atoms with Crippen LogP contribution in [-0.2, 0) is 6.42 Å². The van der Waals surface area contributed by atoms with Crippen LogP contribution in [0.15, 0.2) is 28.8 Å². The Kier molecular flexibility index (Phi) is 5.30. The van der Waals surface area contributed by atoms with Crippen LogP contribution in [0.25, 0.3) is 11.3 Å². The molecule has 0 aliphatic rings. The molecule has 0 saturated heterocycles. The van der Waals surface area contributed by atoms with E-state index < -0.39 is 0 Å². The Hall–Kier alpha value is -1.68. The van der Waals surface area contributed by atoms with Crippen LogP contribution in [0, 0.1) is 12.7 Å². The smallest absolute Gasteiger partial charge is 0.194 e. The second kappa shape index (κ2) is 7.20. The van der Waals surface area contributed by atoms with Crippen molar-refractivity contribution in [3.63, 3.8) is 0 Å². The summed E-state index contributed by atoms with van der Waals surface area (Å²) in [7, 11) is 0. The number of aryl methyl sites for hydroxylation is 2. The van der Waals surface area contributed by atoms with Crippen molar-refractivity contribution in [2.45, 2.75) is 33.1 Å². The van der Waals surface area contributed by atoms with Crippen LogP contribution in [-0.4, -0.2) is 18.1 Å². The third-order valence-electron chi connectivity index (χ3n) is 3.17. The summed E-state index contributed by atoms with van der Waals surface area (Å²) >= 11 is 0. The molecule has 0 saturated carbocycles. The van der Waals surface area contributed by atoms with Crippen molar-refractivity contribution in [2.75, 3.05) is 13.1 Å². The lowest BCUT2D eigenvalue weighted by atomic mass is 10.1. The van der Waals surface area contributed by atoms with Gasteiger partial charge in [0.05, 0.1) is 6.20 Å². The van der Waals surface area contributed by atoms with Crippen molar-refractivity contribution in [2.24, 2.45) is 0 Å². The minimum absolute atomic E-state index is 0.199. The highest BCUT2D eigenvalue weighted by Gasteiger charge is 2.08. The fourth-order valence-electron chi connectivity index (χ4n) is 2.02. The Labute approximate surface area is 119 Å². The fourth-order valence-corrected chi connectivity index (χ4v) is 2.02. The predicted molar refractivity (Wildman–Crippen MR) is 78.1 cm³/mol. The van der Waals surface area contributed by atoms with Gasteiger partial charge in [0, 0.05) is 12.0 Å². The molecule has 2 aromatic rings. The van der Waals surface area contributed by atoms with Crippen LogP contribution >= 0.6 is 0 Å². The van der Waals surface area contributed by atoms with E-state index in [1.54, 1.807) is 25.3 Å². The van der Waals surface area contributed by atoms with Crippen molar-refractivity contribution < 1.29 is 8.81 Å². The maximum atomic E-state index is 13.2. The quantitative estimate of drug-likeness (QED) is 0.783. The highest BCUT2D eigenvalue weighted by atomic mass is 19.1. The second-order valence-electron chi connectivity index (χ2n) is 4.94. The number of nitrogens with zero attached hydrogens (tertiary/aromatic N) is 1. The first-order valence-electron chi connectivity index (χ1n) is 7.12. The number of oxazole rings is 1. The van der Waals surface area contributed by atoms with Crippen molar-refractivity contribution in [1.82, 2.24) is 10.3 Å². The first kappa shape index (κ1) is 14.7.